The molecule has 1 aliphatic rings. The molecule has 0 aliphatic carbocycles. The molecule has 0 spiro atoms. The van der Waals surface area contributed by atoms with Crippen molar-refractivity contribution in [2.24, 2.45) is 0 Å². The van der Waals surface area contributed by atoms with Crippen molar-refractivity contribution in [1.29, 1.82) is 0 Å². The highest BCUT2D eigenvalue weighted by molar-refractivity contribution is 9.10. The highest BCUT2D eigenvalue weighted by atomic mass is 79.9. The van der Waals surface area contributed by atoms with Crippen LogP contribution in [0, 0.1) is 0 Å². The van der Waals surface area contributed by atoms with Gasteiger partial charge in [-0.3, -0.25) is 9.69 Å². The lowest BCUT2D eigenvalue weighted by atomic mass is 9.99. The number of anilines is 1. The molecule has 0 bridgehead atoms. The quantitative estimate of drug-likeness (QED) is 0.826. The molecule has 1 aliphatic heterocycles. The first-order chi connectivity index (χ1) is 10.2. The number of carbonyl (C=O) groups is 1. The molecule has 1 saturated heterocycles. The van der Waals surface area contributed by atoms with Crippen LogP contribution in [0.4, 0.5) is 5.69 Å². The van der Waals surface area contributed by atoms with Gasteiger partial charge in [0.25, 0.3) is 0 Å². The third kappa shape index (κ3) is 5.41. The molecule has 1 aromatic rings. The summed E-state index contributed by atoms with van der Waals surface area (Å²) in [5.74, 6) is 0.0775. The normalized spacial score (nSPS) is 19.4. The number of hydrogen-bond acceptors (Lipinski definition) is 3. The lowest BCUT2D eigenvalue weighted by Crippen LogP contribution is -2.44. The summed E-state index contributed by atoms with van der Waals surface area (Å²) in [4.78, 5) is 14.5. The molecule has 0 radical (unpaired) electrons. The second-order valence-corrected chi connectivity index (χ2v) is 6.48. The van der Waals surface area contributed by atoms with E-state index >= 15 is 0 Å². The van der Waals surface area contributed by atoms with E-state index in [4.69, 9.17) is 0 Å². The molecule has 0 saturated carbocycles. The Bertz CT molecular complexity index is 449. The molecule has 1 fully saturated rings. The SMILES string of the molecule is CNCCC1CCCCN1CC(=O)Nc1ccc(Br)cc1. The Morgan fingerprint density at radius 2 is 2.10 bits per heavy atom. The summed E-state index contributed by atoms with van der Waals surface area (Å²) in [5, 5.41) is 6.18. The summed E-state index contributed by atoms with van der Waals surface area (Å²) in [6.45, 7) is 2.53. The molecule has 1 aromatic carbocycles. The second kappa shape index (κ2) is 8.51. The summed E-state index contributed by atoms with van der Waals surface area (Å²) in [5.41, 5.74) is 0.854. The van der Waals surface area contributed by atoms with Crippen LogP contribution in [0.5, 0.6) is 0 Å². The molecular weight excluding hydrogens is 330 g/mol. The van der Waals surface area contributed by atoms with Crippen LogP contribution in [0.15, 0.2) is 28.7 Å². The number of piperidine rings is 1. The van der Waals surface area contributed by atoms with E-state index in [9.17, 15) is 4.79 Å². The van der Waals surface area contributed by atoms with E-state index in [0.29, 0.717) is 12.6 Å². The zero-order valence-electron chi connectivity index (χ0n) is 12.6. The van der Waals surface area contributed by atoms with Crippen LogP contribution in [0.1, 0.15) is 25.7 Å². The second-order valence-electron chi connectivity index (χ2n) is 5.57. The van der Waals surface area contributed by atoms with Gasteiger partial charge >= 0.3 is 0 Å². The third-order valence-corrected chi connectivity index (χ3v) is 4.48. The predicted octanol–water partition coefficient (Wildman–Crippen LogP) is 2.85. The van der Waals surface area contributed by atoms with Crippen LogP contribution in [-0.4, -0.2) is 43.5 Å². The van der Waals surface area contributed by atoms with E-state index < -0.39 is 0 Å². The summed E-state index contributed by atoms with van der Waals surface area (Å²) in [7, 11) is 1.98. The maximum Gasteiger partial charge on any atom is 0.238 e. The molecule has 2 N–H and O–H groups in total. The van der Waals surface area contributed by atoms with E-state index in [-0.39, 0.29) is 5.91 Å². The monoisotopic (exact) mass is 353 g/mol. The summed E-state index contributed by atoms with van der Waals surface area (Å²) in [6, 6.07) is 8.23. The Hall–Kier alpha value is -0.910. The van der Waals surface area contributed by atoms with E-state index in [1.807, 2.05) is 31.3 Å². The lowest BCUT2D eigenvalue weighted by Gasteiger charge is -2.35. The first-order valence-electron chi connectivity index (χ1n) is 7.63. The van der Waals surface area contributed by atoms with Gasteiger partial charge in [0.15, 0.2) is 0 Å². The van der Waals surface area contributed by atoms with Crippen LogP contribution < -0.4 is 10.6 Å². The average molecular weight is 354 g/mol. The smallest absolute Gasteiger partial charge is 0.238 e. The highest BCUT2D eigenvalue weighted by Crippen LogP contribution is 2.19. The first-order valence-corrected chi connectivity index (χ1v) is 8.42. The van der Waals surface area contributed by atoms with Crippen molar-refractivity contribution in [3.8, 4) is 0 Å². The van der Waals surface area contributed by atoms with Crippen molar-refractivity contribution < 1.29 is 4.79 Å². The molecule has 0 aromatic heterocycles. The van der Waals surface area contributed by atoms with Gasteiger partial charge in [-0.05, 0) is 63.7 Å². The topological polar surface area (TPSA) is 44.4 Å². The Labute approximate surface area is 135 Å². The molecule has 116 valence electrons. The first kappa shape index (κ1) is 16.5. The zero-order chi connectivity index (χ0) is 15.1. The summed E-state index contributed by atoms with van der Waals surface area (Å²) in [6.07, 6.45) is 4.79. The number of amides is 1. The minimum Gasteiger partial charge on any atom is -0.325 e. The lowest BCUT2D eigenvalue weighted by molar-refractivity contribution is -0.118. The number of carbonyl (C=O) groups excluding carboxylic acids is 1. The van der Waals surface area contributed by atoms with Gasteiger partial charge in [0.1, 0.15) is 0 Å². The van der Waals surface area contributed by atoms with Gasteiger partial charge in [-0.1, -0.05) is 22.4 Å². The maximum atomic E-state index is 12.2. The van der Waals surface area contributed by atoms with Crippen LogP contribution in [0.2, 0.25) is 0 Å². The maximum absolute atomic E-state index is 12.2. The Morgan fingerprint density at radius 3 is 2.81 bits per heavy atom. The fourth-order valence-corrected chi connectivity index (χ4v) is 3.09. The van der Waals surface area contributed by atoms with E-state index in [2.05, 4.69) is 31.5 Å². The van der Waals surface area contributed by atoms with Crippen molar-refractivity contribution in [3.05, 3.63) is 28.7 Å². The minimum atomic E-state index is 0.0775. The number of nitrogens with zero attached hydrogens (tertiary/aromatic N) is 1. The average Bonchev–Trinajstić information content (AvgIpc) is 2.49. The molecule has 1 atom stereocenters. The number of likely N-dealkylation sites (tertiary alicyclic amines) is 1. The Kier molecular flexibility index (Phi) is 6.67. The summed E-state index contributed by atoms with van der Waals surface area (Å²) < 4.78 is 1.02. The fourth-order valence-electron chi connectivity index (χ4n) is 2.82. The summed E-state index contributed by atoms with van der Waals surface area (Å²) >= 11 is 3.40. The van der Waals surface area contributed by atoms with Crippen molar-refractivity contribution in [3.63, 3.8) is 0 Å². The van der Waals surface area contributed by atoms with Gasteiger partial charge in [-0.15, -0.1) is 0 Å². The zero-order valence-corrected chi connectivity index (χ0v) is 14.2. The molecule has 21 heavy (non-hydrogen) atoms. The molecule has 4 nitrogen and oxygen atoms in total. The Balaban J connectivity index is 1.86. The molecule has 1 heterocycles. The van der Waals surface area contributed by atoms with Crippen molar-refractivity contribution >= 4 is 27.5 Å². The number of nitrogens with one attached hydrogen (secondary N) is 2. The standard InChI is InChI=1S/C16H24BrN3O/c1-18-10-9-15-4-2-3-11-20(15)12-16(21)19-14-7-5-13(17)6-8-14/h5-8,15,18H,2-4,9-12H2,1H3,(H,19,21). The van der Waals surface area contributed by atoms with Gasteiger partial charge in [0, 0.05) is 16.2 Å². The van der Waals surface area contributed by atoms with E-state index in [0.717, 1.165) is 29.7 Å². The number of halogens is 1. The van der Waals surface area contributed by atoms with Crippen LogP contribution in [0.3, 0.4) is 0 Å². The fraction of sp³-hybridized carbons (Fsp3) is 0.562. The van der Waals surface area contributed by atoms with Crippen LogP contribution in [0.25, 0.3) is 0 Å². The van der Waals surface area contributed by atoms with Gasteiger partial charge in [-0.25, -0.2) is 0 Å². The van der Waals surface area contributed by atoms with Crippen molar-refractivity contribution in [1.82, 2.24) is 10.2 Å². The molecule has 5 heteroatoms. The van der Waals surface area contributed by atoms with Gasteiger partial charge in [0.2, 0.25) is 5.91 Å². The molecule has 2 rings (SSSR count). The van der Waals surface area contributed by atoms with Crippen molar-refractivity contribution in [2.45, 2.75) is 31.7 Å². The highest BCUT2D eigenvalue weighted by Gasteiger charge is 2.23. The molecule has 1 amide bonds. The van der Waals surface area contributed by atoms with E-state index in [1.165, 1.54) is 19.3 Å². The molecular formula is C16H24BrN3O. The number of rotatable bonds is 6. The third-order valence-electron chi connectivity index (χ3n) is 3.95. The molecule has 1 unspecified atom stereocenters. The van der Waals surface area contributed by atoms with Gasteiger partial charge in [0.05, 0.1) is 6.54 Å². The van der Waals surface area contributed by atoms with Gasteiger partial charge < -0.3 is 10.6 Å². The van der Waals surface area contributed by atoms with Crippen LogP contribution in [-0.2, 0) is 4.79 Å². The number of benzene rings is 1. The number of hydrogen-bond donors (Lipinski definition) is 2. The predicted molar refractivity (Wildman–Crippen MR) is 90.5 cm³/mol. The van der Waals surface area contributed by atoms with Crippen LogP contribution >= 0.6 is 15.9 Å². The van der Waals surface area contributed by atoms with Gasteiger partial charge in [-0.2, -0.15) is 0 Å². The minimum absolute atomic E-state index is 0.0775. The largest absolute Gasteiger partial charge is 0.325 e. The van der Waals surface area contributed by atoms with Crippen molar-refractivity contribution in [2.75, 3.05) is 32.0 Å². The Morgan fingerprint density at radius 1 is 1.33 bits per heavy atom. The van der Waals surface area contributed by atoms with E-state index in [1.54, 1.807) is 0 Å².